The van der Waals surface area contributed by atoms with Gasteiger partial charge in [-0.05, 0) is 12.1 Å². The number of nitrogens with two attached hydrogens (primary N) is 3. The summed E-state index contributed by atoms with van der Waals surface area (Å²) in [4.78, 5) is 9.09. The topological polar surface area (TPSA) is 150 Å². The van der Waals surface area contributed by atoms with Crippen LogP contribution < -0.4 is 17.2 Å². The molecule has 1 aromatic heterocycles. The predicted molar refractivity (Wildman–Crippen MR) is 104 cm³/mol. The molecule has 0 radical (unpaired) electrons. The van der Waals surface area contributed by atoms with Gasteiger partial charge >= 0.3 is 0 Å². The molecule has 0 aliphatic rings. The highest BCUT2D eigenvalue weighted by Crippen LogP contribution is 2.24. The first-order valence-electron chi connectivity index (χ1n) is 7.13. The summed E-state index contributed by atoms with van der Waals surface area (Å²) in [5.41, 5.74) is 16.3. The number of thioether (sulfide) groups is 1. The molecule has 1 heterocycles. The van der Waals surface area contributed by atoms with Gasteiger partial charge in [0, 0.05) is 29.0 Å². The van der Waals surface area contributed by atoms with Gasteiger partial charge in [0.1, 0.15) is 5.84 Å². The fourth-order valence-electron chi connectivity index (χ4n) is 1.72. The molecule has 0 aliphatic carbocycles. The molecule has 0 unspecified atom stereocenters. The summed E-state index contributed by atoms with van der Waals surface area (Å²) in [5.74, 6) is 1.39. The number of aliphatic imine (C=N–C) groups is 1. The van der Waals surface area contributed by atoms with Crippen molar-refractivity contribution in [2.24, 2.45) is 26.6 Å². The second kappa shape index (κ2) is 8.83. The van der Waals surface area contributed by atoms with E-state index < -0.39 is 10.0 Å². The van der Waals surface area contributed by atoms with E-state index in [2.05, 4.69) is 14.4 Å². The third-order valence-electron chi connectivity index (χ3n) is 2.79. The van der Waals surface area contributed by atoms with Crippen LogP contribution in [0.4, 0.5) is 5.13 Å². The molecule has 6 N–H and O–H groups in total. The van der Waals surface area contributed by atoms with Crippen LogP contribution in [0.5, 0.6) is 0 Å². The molecule has 0 aliphatic heterocycles. The lowest BCUT2D eigenvalue weighted by Gasteiger charge is -2.02. The average molecular weight is 399 g/mol. The van der Waals surface area contributed by atoms with Gasteiger partial charge in [-0.15, -0.1) is 4.40 Å². The van der Waals surface area contributed by atoms with Crippen molar-refractivity contribution in [1.82, 2.24) is 4.98 Å². The van der Waals surface area contributed by atoms with Crippen LogP contribution in [0.1, 0.15) is 11.3 Å². The Hall–Kier alpha value is -2.11. The number of aromatic nitrogens is 1. The molecule has 0 saturated heterocycles. The summed E-state index contributed by atoms with van der Waals surface area (Å²) in [7, 11) is -3.75. The molecule has 2 aromatic rings. The van der Waals surface area contributed by atoms with Gasteiger partial charge in [0.25, 0.3) is 10.0 Å². The molecule has 0 amide bonds. The Bertz CT molecular complexity index is 858. The molecular weight excluding hydrogens is 380 g/mol. The normalized spacial score (nSPS) is 12.1. The third kappa shape index (κ3) is 6.36. The van der Waals surface area contributed by atoms with Crippen LogP contribution in [-0.2, 0) is 15.8 Å². The zero-order chi connectivity index (χ0) is 18.3. The second-order valence-electron chi connectivity index (χ2n) is 4.82. The number of nitrogens with zero attached hydrogens (tertiary/aromatic N) is 3. The minimum Gasteiger partial charge on any atom is -0.386 e. The Balaban J connectivity index is 1.83. The van der Waals surface area contributed by atoms with E-state index >= 15 is 0 Å². The second-order valence-corrected chi connectivity index (χ2v) is 8.62. The Morgan fingerprint density at radius 1 is 1.20 bits per heavy atom. The molecule has 0 saturated carbocycles. The number of amidine groups is 1. The monoisotopic (exact) mass is 398 g/mol. The largest absolute Gasteiger partial charge is 0.386 e. The number of guanidine groups is 1. The minimum atomic E-state index is -3.75. The van der Waals surface area contributed by atoms with Crippen LogP contribution >= 0.6 is 23.1 Å². The van der Waals surface area contributed by atoms with Gasteiger partial charge in [0.15, 0.2) is 5.96 Å². The summed E-state index contributed by atoms with van der Waals surface area (Å²) in [6, 6.07) is 7.98. The van der Waals surface area contributed by atoms with Crippen LogP contribution in [0.2, 0.25) is 0 Å². The van der Waals surface area contributed by atoms with Crippen LogP contribution in [0.15, 0.2) is 50.8 Å². The first-order valence-corrected chi connectivity index (χ1v) is 10.5. The molecule has 8 nitrogen and oxygen atoms in total. The number of benzene rings is 1. The standard InChI is InChI=1S/C14H18N6O2S3/c15-12(20-25(21,22)11-4-2-1-3-5-11)6-7-23-9-10-8-18-14(24-10)19-13(16)17/h1-5,8H,6-7,9H2,(H2,15,20)(H4,16,17,18,19). The molecule has 0 atom stereocenters. The Morgan fingerprint density at radius 2 is 1.92 bits per heavy atom. The molecular formula is C14H18N6O2S3. The maximum absolute atomic E-state index is 12.1. The molecule has 11 heteroatoms. The summed E-state index contributed by atoms with van der Waals surface area (Å²) in [5, 5.41) is 0.505. The highest BCUT2D eigenvalue weighted by molar-refractivity contribution is 7.98. The van der Waals surface area contributed by atoms with E-state index in [-0.39, 0.29) is 16.7 Å². The number of rotatable bonds is 8. The molecule has 2 rings (SSSR count). The van der Waals surface area contributed by atoms with E-state index in [1.54, 1.807) is 36.2 Å². The number of hydrogen-bond acceptors (Lipinski definition) is 6. The Labute approximate surface area is 154 Å². The number of hydrogen-bond donors (Lipinski definition) is 3. The summed E-state index contributed by atoms with van der Waals surface area (Å²) < 4.78 is 27.8. The molecule has 0 spiro atoms. The lowest BCUT2D eigenvalue weighted by atomic mass is 10.4. The van der Waals surface area contributed by atoms with Crippen molar-refractivity contribution >= 4 is 50.0 Å². The number of sulfonamides is 1. The van der Waals surface area contributed by atoms with Crippen molar-refractivity contribution in [2.45, 2.75) is 17.1 Å². The lowest BCUT2D eigenvalue weighted by molar-refractivity contribution is 0.598. The first-order chi connectivity index (χ1) is 11.9. The molecule has 25 heavy (non-hydrogen) atoms. The highest BCUT2D eigenvalue weighted by atomic mass is 32.2. The van der Waals surface area contributed by atoms with Gasteiger partial charge in [-0.3, -0.25) is 0 Å². The van der Waals surface area contributed by atoms with Crippen molar-refractivity contribution in [3.8, 4) is 0 Å². The Kier molecular flexibility index (Phi) is 6.79. The van der Waals surface area contributed by atoms with Gasteiger partial charge in [0.05, 0.1) is 4.90 Å². The van der Waals surface area contributed by atoms with Crippen molar-refractivity contribution in [3.63, 3.8) is 0 Å². The van der Waals surface area contributed by atoms with E-state index in [4.69, 9.17) is 17.2 Å². The third-order valence-corrected chi connectivity index (χ3v) is 6.22. The number of thiazole rings is 1. The smallest absolute Gasteiger partial charge is 0.283 e. The maximum Gasteiger partial charge on any atom is 0.283 e. The zero-order valence-corrected chi connectivity index (χ0v) is 15.6. The summed E-state index contributed by atoms with van der Waals surface area (Å²) in [6.45, 7) is 0. The molecule has 0 fully saturated rings. The van der Waals surface area contributed by atoms with Gasteiger partial charge in [0.2, 0.25) is 5.13 Å². The van der Waals surface area contributed by atoms with E-state index in [0.29, 0.717) is 23.1 Å². The fourth-order valence-corrected chi connectivity index (χ4v) is 4.58. The lowest BCUT2D eigenvalue weighted by Crippen LogP contribution is -2.21. The Morgan fingerprint density at radius 3 is 2.60 bits per heavy atom. The zero-order valence-electron chi connectivity index (χ0n) is 13.2. The van der Waals surface area contributed by atoms with Gasteiger partial charge in [-0.1, -0.05) is 29.5 Å². The van der Waals surface area contributed by atoms with Crippen LogP contribution in [0, 0.1) is 0 Å². The van der Waals surface area contributed by atoms with E-state index in [9.17, 15) is 8.42 Å². The molecule has 0 bridgehead atoms. The quantitative estimate of drug-likeness (QED) is 0.345. The summed E-state index contributed by atoms with van der Waals surface area (Å²) in [6.07, 6.45) is 2.08. The van der Waals surface area contributed by atoms with Crippen LogP contribution in [0.25, 0.3) is 0 Å². The van der Waals surface area contributed by atoms with Crippen LogP contribution in [-0.4, -0.2) is 30.9 Å². The SMILES string of the molecule is NC(N)=Nc1ncc(CSCC/C(N)=N\S(=O)(=O)c2ccccc2)s1. The minimum absolute atomic E-state index is 0.0304. The maximum atomic E-state index is 12.1. The van der Waals surface area contributed by atoms with Crippen molar-refractivity contribution in [1.29, 1.82) is 0 Å². The van der Waals surface area contributed by atoms with E-state index in [1.165, 1.54) is 23.5 Å². The van der Waals surface area contributed by atoms with E-state index in [1.807, 2.05) is 0 Å². The average Bonchev–Trinajstić information content (AvgIpc) is 2.98. The van der Waals surface area contributed by atoms with Crippen molar-refractivity contribution in [2.75, 3.05) is 5.75 Å². The van der Waals surface area contributed by atoms with Gasteiger partial charge < -0.3 is 17.2 Å². The van der Waals surface area contributed by atoms with Crippen molar-refractivity contribution in [3.05, 3.63) is 41.4 Å². The first kappa shape index (κ1) is 19.2. The van der Waals surface area contributed by atoms with E-state index in [0.717, 1.165) is 4.88 Å². The molecule has 134 valence electrons. The predicted octanol–water partition coefficient (Wildman–Crippen LogP) is 1.42. The molecule has 1 aromatic carbocycles. The van der Waals surface area contributed by atoms with Crippen LogP contribution in [0.3, 0.4) is 0 Å². The fraction of sp³-hybridized carbons (Fsp3) is 0.214. The van der Waals surface area contributed by atoms with Gasteiger partial charge in [-0.25, -0.2) is 4.98 Å². The summed E-state index contributed by atoms with van der Waals surface area (Å²) >= 11 is 2.98. The highest BCUT2D eigenvalue weighted by Gasteiger charge is 2.12. The van der Waals surface area contributed by atoms with Gasteiger partial charge in [-0.2, -0.15) is 25.2 Å². The van der Waals surface area contributed by atoms with Crippen molar-refractivity contribution < 1.29 is 8.42 Å².